The SMILES string of the molecule is CCCCc1ccc(-c2ccc(CCC)c(F)c2F)cc1. The number of hydrogen-bond donors (Lipinski definition) is 0. The van der Waals surface area contributed by atoms with E-state index >= 15 is 0 Å². The first-order valence-corrected chi connectivity index (χ1v) is 7.73. The smallest absolute Gasteiger partial charge is 0.166 e. The molecule has 0 atom stereocenters. The normalized spacial score (nSPS) is 10.9. The summed E-state index contributed by atoms with van der Waals surface area (Å²) in [6.07, 6.45) is 4.71. The fourth-order valence-electron chi connectivity index (χ4n) is 2.51. The summed E-state index contributed by atoms with van der Waals surface area (Å²) in [5.74, 6) is -1.44. The Morgan fingerprint density at radius 1 is 0.762 bits per heavy atom. The molecule has 0 aromatic heterocycles. The van der Waals surface area contributed by atoms with Crippen molar-refractivity contribution in [3.63, 3.8) is 0 Å². The summed E-state index contributed by atoms with van der Waals surface area (Å²) in [6.45, 7) is 4.12. The van der Waals surface area contributed by atoms with E-state index < -0.39 is 11.6 Å². The van der Waals surface area contributed by atoms with Crippen molar-refractivity contribution in [1.82, 2.24) is 0 Å². The fourth-order valence-corrected chi connectivity index (χ4v) is 2.51. The minimum Gasteiger partial charge on any atom is -0.203 e. The largest absolute Gasteiger partial charge is 0.203 e. The number of unbranched alkanes of at least 4 members (excludes halogenated alkanes) is 1. The number of halogens is 2. The molecule has 0 saturated carbocycles. The molecule has 2 heteroatoms. The van der Waals surface area contributed by atoms with E-state index in [1.165, 1.54) is 5.56 Å². The summed E-state index contributed by atoms with van der Waals surface area (Å²) in [7, 11) is 0. The maximum Gasteiger partial charge on any atom is 0.166 e. The van der Waals surface area contributed by atoms with Gasteiger partial charge in [-0.05, 0) is 36.0 Å². The highest BCUT2D eigenvalue weighted by Gasteiger charge is 2.14. The molecule has 0 unspecified atom stereocenters. The van der Waals surface area contributed by atoms with Crippen LogP contribution in [-0.2, 0) is 12.8 Å². The molecule has 0 amide bonds. The summed E-state index contributed by atoms with van der Waals surface area (Å²) in [4.78, 5) is 0. The van der Waals surface area contributed by atoms with Crippen LogP contribution in [0.1, 0.15) is 44.2 Å². The predicted molar refractivity (Wildman–Crippen MR) is 84.4 cm³/mol. The third-order valence-electron chi connectivity index (χ3n) is 3.77. The summed E-state index contributed by atoms with van der Waals surface area (Å²) >= 11 is 0. The zero-order chi connectivity index (χ0) is 15.2. The molecule has 21 heavy (non-hydrogen) atoms. The van der Waals surface area contributed by atoms with Crippen LogP contribution < -0.4 is 0 Å². The maximum absolute atomic E-state index is 14.2. The van der Waals surface area contributed by atoms with Gasteiger partial charge in [0.05, 0.1) is 0 Å². The molecule has 0 heterocycles. The van der Waals surface area contributed by atoms with Gasteiger partial charge in [-0.15, -0.1) is 0 Å². The van der Waals surface area contributed by atoms with Crippen LogP contribution in [0.2, 0.25) is 0 Å². The van der Waals surface area contributed by atoms with Gasteiger partial charge in [0.1, 0.15) is 0 Å². The molecule has 2 aromatic rings. The van der Waals surface area contributed by atoms with Gasteiger partial charge in [-0.25, -0.2) is 8.78 Å². The van der Waals surface area contributed by atoms with E-state index in [0.717, 1.165) is 31.2 Å². The highest BCUT2D eigenvalue weighted by molar-refractivity contribution is 5.65. The Bertz CT molecular complexity index is 585. The molecule has 2 rings (SSSR count). The van der Waals surface area contributed by atoms with E-state index in [1.807, 2.05) is 31.2 Å². The van der Waals surface area contributed by atoms with Crippen LogP contribution in [-0.4, -0.2) is 0 Å². The average molecular weight is 288 g/mol. The number of aryl methyl sites for hydroxylation is 2. The zero-order valence-electron chi connectivity index (χ0n) is 12.8. The lowest BCUT2D eigenvalue weighted by molar-refractivity contribution is 0.500. The predicted octanol–water partition coefficient (Wildman–Crippen LogP) is 5.93. The van der Waals surface area contributed by atoms with Crippen LogP contribution in [0.3, 0.4) is 0 Å². The second-order valence-corrected chi connectivity index (χ2v) is 5.45. The number of benzene rings is 2. The third kappa shape index (κ3) is 3.69. The van der Waals surface area contributed by atoms with Crippen molar-refractivity contribution in [3.8, 4) is 11.1 Å². The Kier molecular flexibility index (Phi) is 5.49. The van der Waals surface area contributed by atoms with Crippen molar-refractivity contribution >= 4 is 0 Å². The summed E-state index contributed by atoms with van der Waals surface area (Å²) in [5.41, 5.74) is 2.77. The molecule has 0 spiro atoms. The molecular formula is C19H22F2. The molecule has 0 bridgehead atoms. The van der Waals surface area contributed by atoms with Crippen LogP contribution in [0.5, 0.6) is 0 Å². The van der Waals surface area contributed by atoms with Crippen LogP contribution >= 0.6 is 0 Å². The topological polar surface area (TPSA) is 0 Å². The van der Waals surface area contributed by atoms with Crippen molar-refractivity contribution < 1.29 is 8.78 Å². The molecule has 0 saturated heterocycles. The van der Waals surface area contributed by atoms with Crippen LogP contribution in [0, 0.1) is 11.6 Å². The van der Waals surface area contributed by atoms with Crippen molar-refractivity contribution in [2.75, 3.05) is 0 Å². The van der Waals surface area contributed by atoms with Crippen LogP contribution in [0.25, 0.3) is 11.1 Å². The quantitative estimate of drug-likeness (QED) is 0.618. The second kappa shape index (κ2) is 7.35. The van der Waals surface area contributed by atoms with Crippen molar-refractivity contribution in [3.05, 3.63) is 59.2 Å². The van der Waals surface area contributed by atoms with Gasteiger partial charge in [0.25, 0.3) is 0 Å². The van der Waals surface area contributed by atoms with E-state index in [4.69, 9.17) is 0 Å². The van der Waals surface area contributed by atoms with Crippen LogP contribution in [0.4, 0.5) is 8.78 Å². The summed E-state index contributed by atoms with van der Waals surface area (Å²) in [5, 5.41) is 0. The van der Waals surface area contributed by atoms with Gasteiger partial charge in [0.2, 0.25) is 0 Å². The molecule has 0 aliphatic rings. The van der Waals surface area contributed by atoms with Crippen molar-refractivity contribution in [2.24, 2.45) is 0 Å². The van der Waals surface area contributed by atoms with Gasteiger partial charge in [0.15, 0.2) is 11.6 Å². The van der Waals surface area contributed by atoms with E-state index in [0.29, 0.717) is 17.5 Å². The monoisotopic (exact) mass is 288 g/mol. The zero-order valence-corrected chi connectivity index (χ0v) is 12.8. The fraction of sp³-hybridized carbons (Fsp3) is 0.368. The average Bonchev–Trinajstić information content (AvgIpc) is 2.51. The van der Waals surface area contributed by atoms with E-state index in [-0.39, 0.29) is 0 Å². The van der Waals surface area contributed by atoms with Gasteiger partial charge in [-0.1, -0.05) is 63.1 Å². The lowest BCUT2D eigenvalue weighted by atomic mass is 9.99. The lowest BCUT2D eigenvalue weighted by Gasteiger charge is -2.09. The Hall–Kier alpha value is -1.70. The molecule has 0 radical (unpaired) electrons. The second-order valence-electron chi connectivity index (χ2n) is 5.45. The minimum atomic E-state index is -0.734. The van der Waals surface area contributed by atoms with Crippen molar-refractivity contribution in [1.29, 1.82) is 0 Å². The Morgan fingerprint density at radius 2 is 1.48 bits per heavy atom. The van der Waals surface area contributed by atoms with Crippen molar-refractivity contribution in [2.45, 2.75) is 46.0 Å². The first-order valence-electron chi connectivity index (χ1n) is 7.73. The summed E-state index contributed by atoms with van der Waals surface area (Å²) in [6, 6.07) is 11.1. The highest BCUT2D eigenvalue weighted by atomic mass is 19.2. The van der Waals surface area contributed by atoms with E-state index in [2.05, 4.69) is 6.92 Å². The van der Waals surface area contributed by atoms with Gasteiger partial charge in [0, 0.05) is 5.56 Å². The van der Waals surface area contributed by atoms with Crippen LogP contribution in [0.15, 0.2) is 36.4 Å². The standard InChI is InChI=1S/C19H22F2/c1-3-5-7-14-8-10-15(11-9-14)17-13-12-16(6-4-2)18(20)19(17)21/h8-13H,3-7H2,1-2H3. The molecule has 0 N–H and O–H groups in total. The first kappa shape index (κ1) is 15.7. The van der Waals surface area contributed by atoms with E-state index in [1.54, 1.807) is 12.1 Å². The Morgan fingerprint density at radius 3 is 2.10 bits per heavy atom. The summed E-state index contributed by atoms with van der Waals surface area (Å²) < 4.78 is 28.2. The molecule has 0 nitrogen and oxygen atoms in total. The van der Waals surface area contributed by atoms with E-state index in [9.17, 15) is 8.78 Å². The minimum absolute atomic E-state index is 0.342. The number of hydrogen-bond acceptors (Lipinski definition) is 0. The Labute approximate surface area is 125 Å². The molecule has 2 aromatic carbocycles. The number of rotatable bonds is 6. The van der Waals surface area contributed by atoms with Gasteiger partial charge < -0.3 is 0 Å². The first-order chi connectivity index (χ1) is 10.2. The molecule has 0 aliphatic heterocycles. The Balaban J connectivity index is 2.27. The molecule has 0 fully saturated rings. The van der Waals surface area contributed by atoms with Gasteiger partial charge >= 0.3 is 0 Å². The molecular weight excluding hydrogens is 266 g/mol. The molecule has 0 aliphatic carbocycles. The lowest BCUT2D eigenvalue weighted by Crippen LogP contribution is -1.97. The van der Waals surface area contributed by atoms with Gasteiger partial charge in [-0.2, -0.15) is 0 Å². The van der Waals surface area contributed by atoms with Gasteiger partial charge in [-0.3, -0.25) is 0 Å². The third-order valence-corrected chi connectivity index (χ3v) is 3.77. The molecule has 112 valence electrons. The maximum atomic E-state index is 14.2. The highest BCUT2D eigenvalue weighted by Crippen LogP contribution is 2.27.